The molecule has 1 aromatic carbocycles. The number of nitrogens with one attached hydrogen (secondary N) is 3. The quantitative estimate of drug-likeness (QED) is 0.560. The number of amides is 2. The second-order valence-corrected chi connectivity index (χ2v) is 6.08. The third kappa shape index (κ3) is 7.78. The van der Waals surface area contributed by atoms with E-state index in [0.717, 1.165) is 6.26 Å². The number of benzene rings is 1. The number of carbonyl (C=O) groups excluding carboxylic acids is 1. The van der Waals surface area contributed by atoms with Gasteiger partial charge < -0.3 is 15.7 Å². The molecule has 0 radical (unpaired) electrons. The largest absolute Gasteiger partial charge is 0.481 e. The van der Waals surface area contributed by atoms with E-state index >= 15 is 0 Å². The summed E-state index contributed by atoms with van der Waals surface area (Å²) >= 11 is 0. The molecule has 0 saturated carbocycles. The summed E-state index contributed by atoms with van der Waals surface area (Å²) in [5.74, 6) is -0.911. The minimum Gasteiger partial charge on any atom is -0.481 e. The molecule has 1 aromatic rings. The molecular weight excluding hydrogens is 298 g/mol. The van der Waals surface area contributed by atoms with Crippen LogP contribution in [0.5, 0.6) is 0 Å². The van der Waals surface area contributed by atoms with Crippen molar-refractivity contribution in [1.82, 2.24) is 5.32 Å². The first-order valence-corrected chi connectivity index (χ1v) is 8.00. The summed E-state index contributed by atoms with van der Waals surface area (Å²) in [5, 5.41) is 13.5. The van der Waals surface area contributed by atoms with Crippen molar-refractivity contribution in [3.63, 3.8) is 0 Å². The van der Waals surface area contributed by atoms with Gasteiger partial charge in [0.1, 0.15) is 0 Å². The van der Waals surface area contributed by atoms with Crippen molar-refractivity contribution in [2.75, 3.05) is 22.8 Å². The Balaban J connectivity index is 2.41. The van der Waals surface area contributed by atoms with Crippen molar-refractivity contribution in [1.29, 1.82) is 0 Å². The second-order valence-electron chi connectivity index (χ2n) is 4.33. The summed E-state index contributed by atoms with van der Waals surface area (Å²) in [6, 6.07) is 5.67. The number of rotatable bonds is 7. The summed E-state index contributed by atoms with van der Waals surface area (Å²) in [7, 11) is -3.33. The Morgan fingerprint density at radius 3 is 2.24 bits per heavy atom. The van der Waals surface area contributed by atoms with E-state index in [9.17, 15) is 18.0 Å². The van der Waals surface area contributed by atoms with Crippen LogP contribution in [0.3, 0.4) is 0 Å². The molecule has 0 aromatic heterocycles. The van der Waals surface area contributed by atoms with Gasteiger partial charge in [-0.1, -0.05) is 0 Å². The van der Waals surface area contributed by atoms with Gasteiger partial charge >= 0.3 is 12.0 Å². The van der Waals surface area contributed by atoms with Crippen molar-refractivity contribution in [3.8, 4) is 0 Å². The molecule has 0 bridgehead atoms. The Bertz CT molecular complexity index is 598. The van der Waals surface area contributed by atoms with Crippen LogP contribution in [0.25, 0.3) is 0 Å². The summed E-state index contributed by atoms with van der Waals surface area (Å²) in [4.78, 5) is 21.8. The molecule has 21 heavy (non-hydrogen) atoms. The standard InChI is InChI=1S/C12H17N3O5S/c1-21(19,20)15-10-6-4-9(5-7-10)14-12(18)13-8-2-3-11(16)17/h4-7,15H,2-3,8H2,1H3,(H,16,17)(H2,13,14,18). The third-order valence-electron chi connectivity index (χ3n) is 2.30. The summed E-state index contributed by atoms with van der Waals surface area (Å²) in [5.41, 5.74) is 0.884. The monoisotopic (exact) mass is 315 g/mol. The average molecular weight is 315 g/mol. The van der Waals surface area contributed by atoms with Crippen LogP contribution in [0.2, 0.25) is 0 Å². The zero-order chi connectivity index (χ0) is 15.9. The van der Waals surface area contributed by atoms with Crippen molar-refractivity contribution in [2.45, 2.75) is 12.8 Å². The Kier molecular flexibility index (Phi) is 5.97. The minimum absolute atomic E-state index is 0.00780. The highest BCUT2D eigenvalue weighted by Gasteiger charge is 2.04. The zero-order valence-electron chi connectivity index (χ0n) is 11.4. The van der Waals surface area contributed by atoms with Crippen molar-refractivity contribution < 1.29 is 23.1 Å². The van der Waals surface area contributed by atoms with E-state index in [0.29, 0.717) is 17.8 Å². The number of carbonyl (C=O) groups is 2. The summed E-state index contributed by atoms with van der Waals surface area (Å²) < 4.78 is 24.4. The fourth-order valence-electron chi connectivity index (χ4n) is 1.45. The highest BCUT2D eigenvalue weighted by atomic mass is 32.2. The Morgan fingerprint density at radius 1 is 1.14 bits per heavy atom. The predicted octanol–water partition coefficient (Wildman–Crippen LogP) is 1.04. The first kappa shape index (κ1) is 16.8. The number of carboxylic acids is 1. The topological polar surface area (TPSA) is 125 Å². The van der Waals surface area contributed by atoms with Crippen molar-refractivity contribution in [2.24, 2.45) is 0 Å². The van der Waals surface area contributed by atoms with Crippen LogP contribution in [-0.4, -0.2) is 38.3 Å². The second kappa shape index (κ2) is 7.48. The van der Waals surface area contributed by atoms with Crippen molar-refractivity contribution >= 4 is 33.4 Å². The van der Waals surface area contributed by atoms with E-state index in [1.165, 1.54) is 12.1 Å². The van der Waals surface area contributed by atoms with E-state index in [-0.39, 0.29) is 13.0 Å². The number of hydrogen-bond acceptors (Lipinski definition) is 4. The van der Waals surface area contributed by atoms with Gasteiger partial charge in [0.2, 0.25) is 10.0 Å². The normalized spacial score (nSPS) is 10.7. The van der Waals surface area contributed by atoms with Crippen LogP contribution < -0.4 is 15.4 Å². The first-order chi connectivity index (χ1) is 9.76. The van der Waals surface area contributed by atoms with Crippen LogP contribution in [0.4, 0.5) is 16.2 Å². The van der Waals surface area contributed by atoms with Crippen LogP contribution in [-0.2, 0) is 14.8 Å². The lowest BCUT2D eigenvalue weighted by Gasteiger charge is -2.08. The predicted molar refractivity (Wildman–Crippen MR) is 78.8 cm³/mol. The maximum Gasteiger partial charge on any atom is 0.319 e. The first-order valence-electron chi connectivity index (χ1n) is 6.11. The molecular formula is C12H17N3O5S. The van der Waals surface area contributed by atoms with Gasteiger partial charge in [-0.25, -0.2) is 13.2 Å². The number of hydrogen-bond donors (Lipinski definition) is 4. The lowest BCUT2D eigenvalue weighted by atomic mass is 10.3. The van der Waals surface area contributed by atoms with Crippen LogP contribution in [0.15, 0.2) is 24.3 Å². The molecule has 0 aliphatic heterocycles. The molecule has 8 nitrogen and oxygen atoms in total. The van der Waals surface area contributed by atoms with E-state index in [2.05, 4.69) is 15.4 Å². The van der Waals surface area contributed by atoms with Gasteiger partial charge in [0.25, 0.3) is 0 Å². The summed E-state index contributed by atoms with van der Waals surface area (Å²) in [6.07, 6.45) is 1.38. The van der Waals surface area contributed by atoms with Gasteiger partial charge in [-0.3, -0.25) is 9.52 Å². The molecule has 4 N–H and O–H groups in total. The van der Waals surface area contributed by atoms with Gasteiger partial charge in [-0.15, -0.1) is 0 Å². The number of sulfonamides is 1. The number of carboxylic acid groups (broad SMARTS) is 1. The number of urea groups is 1. The molecule has 0 unspecified atom stereocenters. The fraction of sp³-hybridized carbons (Fsp3) is 0.333. The molecule has 1 rings (SSSR count). The molecule has 0 spiro atoms. The lowest BCUT2D eigenvalue weighted by molar-refractivity contribution is -0.137. The van der Waals surface area contributed by atoms with Gasteiger partial charge in [0, 0.05) is 24.3 Å². The van der Waals surface area contributed by atoms with Crippen LogP contribution >= 0.6 is 0 Å². The minimum atomic E-state index is -3.33. The third-order valence-corrected chi connectivity index (χ3v) is 2.91. The van der Waals surface area contributed by atoms with Gasteiger partial charge in [-0.05, 0) is 30.7 Å². The van der Waals surface area contributed by atoms with Crippen molar-refractivity contribution in [3.05, 3.63) is 24.3 Å². The fourth-order valence-corrected chi connectivity index (χ4v) is 2.02. The molecule has 0 aliphatic carbocycles. The SMILES string of the molecule is CS(=O)(=O)Nc1ccc(NC(=O)NCCCC(=O)O)cc1. The molecule has 2 amide bonds. The smallest absolute Gasteiger partial charge is 0.319 e. The highest BCUT2D eigenvalue weighted by Crippen LogP contribution is 2.14. The van der Waals surface area contributed by atoms with Gasteiger partial charge in [-0.2, -0.15) is 0 Å². The lowest BCUT2D eigenvalue weighted by Crippen LogP contribution is -2.29. The molecule has 0 fully saturated rings. The summed E-state index contributed by atoms with van der Waals surface area (Å²) in [6.45, 7) is 0.256. The molecule has 0 saturated heterocycles. The molecule has 116 valence electrons. The Labute approximate surface area is 122 Å². The van der Waals surface area contributed by atoms with E-state index in [4.69, 9.17) is 5.11 Å². The average Bonchev–Trinajstić information content (AvgIpc) is 2.35. The highest BCUT2D eigenvalue weighted by molar-refractivity contribution is 7.92. The number of anilines is 2. The van der Waals surface area contributed by atoms with E-state index < -0.39 is 22.0 Å². The zero-order valence-corrected chi connectivity index (χ0v) is 12.2. The van der Waals surface area contributed by atoms with Crippen LogP contribution in [0.1, 0.15) is 12.8 Å². The Morgan fingerprint density at radius 2 is 1.71 bits per heavy atom. The van der Waals surface area contributed by atoms with Gasteiger partial charge in [0.05, 0.1) is 6.26 Å². The maximum absolute atomic E-state index is 11.5. The van der Waals surface area contributed by atoms with E-state index in [1.807, 2.05) is 0 Å². The molecule has 0 atom stereocenters. The maximum atomic E-state index is 11.5. The Hall–Kier alpha value is -2.29. The molecule has 9 heteroatoms. The number of aliphatic carboxylic acids is 1. The molecule has 0 heterocycles. The van der Waals surface area contributed by atoms with Gasteiger partial charge in [0.15, 0.2) is 0 Å². The molecule has 0 aliphatic rings. The van der Waals surface area contributed by atoms with Crippen LogP contribution in [0, 0.1) is 0 Å². The van der Waals surface area contributed by atoms with E-state index in [1.54, 1.807) is 12.1 Å².